The van der Waals surface area contributed by atoms with Crippen molar-refractivity contribution in [2.24, 2.45) is 10.8 Å². The van der Waals surface area contributed by atoms with Crippen molar-refractivity contribution in [2.45, 2.75) is 77.6 Å². The number of aliphatic hydroxyl groups excluding tert-OH is 1. The van der Waals surface area contributed by atoms with Crippen LogP contribution in [0.1, 0.15) is 81.2 Å². The van der Waals surface area contributed by atoms with Crippen molar-refractivity contribution >= 4 is 6.29 Å². The zero-order valence-electron chi connectivity index (χ0n) is 22.6. The maximum Gasteiger partial charge on any atom is 0.168 e. The average Bonchev–Trinajstić information content (AvgIpc) is 2.86. The van der Waals surface area contributed by atoms with Crippen LogP contribution in [0.2, 0.25) is 0 Å². The fraction of sp³-hybridized carbons (Fsp3) is 0.567. The number of hydrogen-bond donors (Lipinski definition) is 1. The Morgan fingerprint density at radius 2 is 1.64 bits per heavy atom. The van der Waals surface area contributed by atoms with Gasteiger partial charge in [0.15, 0.2) is 11.5 Å². The van der Waals surface area contributed by atoms with Crippen LogP contribution in [0.25, 0.3) is 0 Å². The summed E-state index contributed by atoms with van der Waals surface area (Å²) in [5.74, 6) is 1.77. The second-order valence-corrected chi connectivity index (χ2v) is 11.1. The van der Waals surface area contributed by atoms with Crippen LogP contribution in [0, 0.1) is 10.8 Å². The highest BCUT2D eigenvalue weighted by Gasteiger charge is 2.69. The summed E-state index contributed by atoms with van der Waals surface area (Å²) in [5.41, 5.74) is 0.611. The molecule has 6 heteroatoms. The molecule has 0 heterocycles. The van der Waals surface area contributed by atoms with Crippen LogP contribution in [0.3, 0.4) is 0 Å². The van der Waals surface area contributed by atoms with Gasteiger partial charge in [0, 0.05) is 23.1 Å². The number of fused-ring (bicyclic) bond motifs is 2. The molecule has 0 radical (unpaired) electrons. The van der Waals surface area contributed by atoms with Crippen molar-refractivity contribution in [1.82, 2.24) is 0 Å². The first kappa shape index (κ1) is 26.5. The molecule has 0 bridgehead atoms. The summed E-state index contributed by atoms with van der Waals surface area (Å²) in [6.07, 6.45) is 2.58. The van der Waals surface area contributed by atoms with Crippen molar-refractivity contribution in [1.29, 1.82) is 0 Å². The van der Waals surface area contributed by atoms with E-state index in [1.165, 1.54) is 0 Å². The Labute approximate surface area is 214 Å². The number of benzene rings is 2. The van der Waals surface area contributed by atoms with E-state index in [1.54, 1.807) is 21.3 Å². The van der Waals surface area contributed by atoms with E-state index in [0.717, 1.165) is 35.8 Å². The number of hydrogen-bond acceptors (Lipinski definition) is 6. The summed E-state index contributed by atoms with van der Waals surface area (Å²) in [4.78, 5) is 13.3. The van der Waals surface area contributed by atoms with Crippen molar-refractivity contribution < 1.29 is 28.8 Å². The van der Waals surface area contributed by atoms with Gasteiger partial charge in [-0.3, -0.25) is 0 Å². The highest BCUT2D eigenvalue weighted by atomic mass is 16.5. The average molecular weight is 497 g/mol. The first-order valence-electron chi connectivity index (χ1n) is 12.8. The fourth-order valence-corrected chi connectivity index (χ4v) is 6.98. The highest BCUT2D eigenvalue weighted by molar-refractivity contribution is 5.73. The van der Waals surface area contributed by atoms with Gasteiger partial charge in [0.2, 0.25) is 0 Å². The third-order valence-corrected chi connectivity index (χ3v) is 8.70. The Morgan fingerprint density at radius 3 is 2.19 bits per heavy atom. The van der Waals surface area contributed by atoms with E-state index in [4.69, 9.17) is 18.9 Å². The molecule has 0 amide bonds. The molecule has 2 aromatic rings. The van der Waals surface area contributed by atoms with Crippen LogP contribution in [-0.4, -0.2) is 38.3 Å². The lowest BCUT2D eigenvalue weighted by molar-refractivity contribution is -0.243. The van der Waals surface area contributed by atoms with Gasteiger partial charge in [0.25, 0.3) is 0 Å². The topological polar surface area (TPSA) is 74.2 Å². The maximum atomic E-state index is 13.3. The summed E-state index contributed by atoms with van der Waals surface area (Å²) in [5, 5.41) is 12.3. The fourth-order valence-electron chi connectivity index (χ4n) is 6.98. The predicted octanol–water partition coefficient (Wildman–Crippen LogP) is 5.78. The van der Waals surface area contributed by atoms with Gasteiger partial charge in [-0.15, -0.1) is 0 Å². The normalized spacial score (nSPS) is 26.6. The van der Waals surface area contributed by atoms with Crippen molar-refractivity contribution in [3.05, 3.63) is 52.6 Å². The molecular formula is C30H40O6. The molecule has 3 unspecified atom stereocenters. The minimum atomic E-state index is -1.18. The minimum absolute atomic E-state index is 0.0360. The van der Waals surface area contributed by atoms with Gasteiger partial charge in [-0.25, -0.2) is 0 Å². The smallest absolute Gasteiger partial charge is 0.168 e. The van der Waals surface area contributed by atoms with Crippen molar-refractivity contribution in [3.63, 3.8) is 0 Å². The Bertz CT molecular complexity index is 1110. The third-order valence-electron chi connectivity index (χ3n) is 8.70. The van der Waals surface area contributed by atoms with Gasteiger partial charge in [-0.1, -0.05) is 58.0 Å². The van der Waals surface area contributed by atoms with Gasteiger partial charge >= 0.3 is 0 Å². The standard InChI is InChI=1S/C30H40O6/c1-19(2)22-25(34-6)23-21(24(33-5)26(22)35-7)16-29(36-17-20-12-9-8-10-13-20)15-11-14-28(3,4)30(29,18-31)27(23)32/h8-10,12-13,18-19,27,32H,11,14-17H2,1-7H3. The molecule has 36 heavy (non-hydrogen) atoms. The summed E-state index contributed by atoms with van der Waals surface area (Å²) >= 11 is 0. The van der Waals surface area contributed by atoms with Gasteiger partial charge < -0.3 is 28.8 Å². The van der Waals surface area contributed by atoms with Gasteiger partial charge in [-0.2, -0.15) is 0 Å². The second-order valence-electron chi connectivity index (χ2n) is 11.1. The Balaban J connectivity index is 2.03. The lowest BCUT2D eigenvalue weighted by atomic mass is 9.45. The molecule has 2 aromatic carbocycles. The highest BCUT2D eigenvalue weighted by Crippen LogP contribution is 2.68. The molecule has 196 valence electrons. The van der Waals surface area contributed by atoms with Crippen molar-refractivity contribution in [2.75, 3.05) is 21.3 Å². The van der Waals surface area contributed by atoms with Crippen LogP contribution in [-0.2, 0) is 22.6 Å². The lowest BCUT2D eigenvalue weighted by Crippen LogP contribution is -2.67. The number of aldehydes is 1. The quantitative estimate of drug-likeness (QED) is 0.467. The number of aliphatic hydroxyl groups is 1. The SMILES string of the molecule is COc1c2c(c(OC)c(C(C)C)c1OC)C(O)C1(C=O)C(C)(C)CCCC1(OCc1ccccc1)C2. The van der Waals surface area contributed by atoms with E-state index < -0.39 is 22.5 Å². The van der Waals surface area contributed by atoms with Crippen molar-refractivity contribution in [3.8, 4) is 17.2 Å². The molecule has 1 saturated carbocycles. The van der Waals surface area contributed by atoms with Gasteiger partial charge in [0.1, 0.15) is 12.0 Å². The van der Waals surface area contributed by atoms with E-state index in [-0.39, 0.29) is 5.92 Å². The number of carbonyl (C=O) groups excluding carboxylic acids is 1. The first-order valence-corrected chi connectivity index (χ1v) is 12.8. The van der Waals surface area contributed by atoms with Gasteiger partial charge in [0.05, 0.1) is 45.1 Å². The van der Waals surface area contributed by atoms with Crippen LogP contribution in [0.15, 0.2) is 30.3 Å². The molecule has 1 N–H and O–H groups in total. The van der Waals surface area contributed by atoms with Crippen LogP contribution in [0.4, 0.5) is 0 Å². The summed E-state index contributed by atoms with van der Waals surface area (Å²) < 4.78 is 24.6. The zero-order chi connectivity index (χ0) is 26.3. The number of ether oxygens (including phenoxy) is 4. The molecular weight excluding hydrogens is 456 g/mol. The van der Waals surface area contributed by atoms with E-state index in [1.807, 2.05) is 30.3 Å². The summed E-state index contributed by atoms with van der Waals surface area (Å²) in [6, 6.07) is 9.96. The number of rotatable bonds is 8. The first-order chi connectivity index (χ1) is 17.1. The number of carbonyl (C=O) groups is 1. The predicted molar refractivity (Wildman–Crippen MR) is 139 cm³/mol. The van der Waals surface area contributed by atoms with E-state index in [2.05, 4.69) is 27.7 Å². The summed E-state index contributed by atoms with van der Waals surface area (Å²) in [7, 11) is 4.84. The molecule has 3 atom stereocenters. The molecule has 0 saturated heterocycles. The van der Waals surface area contributed by atoms with Crippen LogP contribution < -0.4 is 14.2 Å². The Kier molecular flexibility index (Phi) is 7.15. The Morgan fingerprint density at radius 1 is 1.00 bits per heavy atom. The summed E-state index contributed by atoms with van der Waals surface area (Å²) in [6.45, 7) is 8.59. The molecule has 4 rings (SSSR count). The van der Waals surface area contributed by atoms with E-state index in [9.17, 15) is 9.90 Å². The van der Waals surface area contributed by atoms with Gasteiger partial charge in [-0.05, 0) is 36.2 Å². The van der Waals surface area contributed by atoms with E-state index in [0.29, 0.717) is 42.3 Å². The van der Waals surface area contributed by atoms with Crippen LogP contribution >= 0.6 is 0 Å². The molecule has 6 nitrogen and oxygen atoms in total. The molecule has 1 fully saturated rings. The Hall–Kier alpha value is -2.57. The largest absolute Gasteiger partial charge is 0.496 e. The minimum Gasteiger partial charge on any atom is -0.496 e. The molecule has 2 aliphatic carbocycles. The molecule has 0 spiro atoms. The van der Waals surface area contributed by atoms with E-state index >= 15 is 0 Å². The maximum absolute atomic E-state index is 13.3. The zero-order valence-corrected chi connectivity index (χ0v) is 22.6. The molecule has 0 aromatic heterocycles. The molecule has 0 aliphatic heterocycles. The lowest BCUT2D eigenvalue weighted by Gasteiger charge is -2.62. The van der Waals surface area contributed by atoms with Crippen LogP contribution in [0.5, 0.6) is 17.2 Å². The second kappa shape index (κ2) is 9.71. The third kappa shape index (κ3) is 3.64. The molecule has 2 aliphatic rings. The number of methoxy groups -OCH3 is 3. The monoisotopic (exact) mass is 496 g/mol.